The van der Waals surface area contributed by atoms with Crippen molar-refractivity contribution in [1.82, 2.24) is 14.9 Å². The highest BCUT2D eigenvalue weighted by Gasteiger charge is 2.41. The van der Waals surface area contributed by atoms with Crippen molar-refractivity contribution in [3.05, 3.63) is 136 Å². The van der Waals surface area contributed by atoms with Crippen LogP contribution in [0.25, 0.3) is 0 Å². The molecule has 3 aliphatic rings. The predicted molar refractivity (Wildman–Crippen MR) is 252 cm³/mol. The van der Waals surface area contributed by atoms with Gasteiger partial charge >= 0.3 is 0 Å². The molecule has 0 bridgehead atoms. The van der Waals surface area contributed by atoms with E-state index in [0.29, 0.717) is 59.2 Å². The second-order valence-corrected chi connectivity index (χ2v) is 23.2. The van der Waals surface area contributed by atoms with E-state index in [-0.39, 0.29) is 49.7 Å². The zero-order valence-corrected chi connectivity index (χ0v) is 40.2. The van der Waals surface area contributed by atoms with Crippen molar-refractivity contribution in [2.75, 3.05) is 51.0 Å². The minimum atomic E-state index is -4.66. The van der Waals surface area contributed by atoms with E-state index in [1.807, 2.05) is 12.1 Å². The Morgan fingerprint density at radius 1 is 0.716 bits per heavy atom. The van der Waals surface area contributed by atoms with Crippen molar-refractivity contribution in [2.45, 2.75) is 45.8 Å². The van der Waals surface area contributed by atoms with E-state index in [4.69, 9.17) is 27.9 Å². The number of carbonyl (C=O) groups is 2. The maximum absolute atomic E-state index is 13.4. The van der Waals surface area contributed by atoms with Gasteiger partial charge in [0.1, 0.15) is 11.9 Å². The zero-order chi connectivity index (χ0) is 47.7. The number of rotatable bonds is 12. The third-order valence-electron chi connectivity index (χ3n) is 10.8. The summed E-state index contributed by atoms with van der Waals surface area (Å²) in [6.45, 7) is 2.53. The number of aliphatic hydroxyl groups excluding tert-OH is 1. The minimum Gasteiger partial charge on any atom is -0.383 e. The number of carbonyl (C=O) groups excluding carboxylic acids is 2. The highest BCUT2D eigenvalue weighted by Crippen LogP contribution is 2.35. The average Bonchev–Trinajstić information content (AvgIpc) is 4.14. The van der Waals surface area contributed by atoms with E-state index in [2.05, 4.69) is 19.6 Å². The summed E-state index contributed by atoms with van der Waals surface area (Å²) in [4.78, 5) is 37.6. The summed E-state index contributed by atoms with van der Waals surface area (Å²) in [7, 11) is -13.1. The molecule has 3 atom stereocenters. The van der Waals surface area contributed by atoms with Crippen LogP contribution in [0.5, 0.6) is 0 Å². The quantitative estimate of drug-likeness (QED) is 0.136. The summed E-state index contributed by atoms with van der Waals surface area (Å²) >= 11 is 14.3. The Kier molecular flexibility index (Phi) is 14.3. The molecule has 2 aromatic heterocycles. The first-order valence-corrected chi connectivity index (χ1v) is 27.0. The molecule has 352 valence electrons. The van der Waals surface area contributed by atoms with Gasteiger partial charge in [0.05, 0.1) is 33.4 Å². The Labute approximate surface area is 403 Å². The van der Waals surface area contributed by atoms with Crippen LogP contribution in [-0.2, 0) is 44.4 Å². The highest BCUT2D eigenvalue weighted by molar-refractivity contribution is 8.10. The number of amides is 2. The predicted octanol–water partition coefficient (Wildman–Crippen LogP) is 6.39. The van der Waals surface area contributed by atoms with Gasteiger partial charge in [-0.25, -0.2) is 22.8 Å². The molecule has 3 saturated heterocycles. The molecule has 3 fully saturated rings. The van der Waals surface area contributed by atoms with Gasteiger partial charge in [-0.3, -0.25) is 19.2 Å². The van der Waals surface area contributed by atoms with Crippen LogP contribution in [0.15, 0.2) is 129 Å². The molecule has 0 aliphatic carbocycles. The molecular weight excluding hydrogens is 1010 g/mol. The molecular formula is C42H38Cl2FN7O10S5. The van der Waals surface area contributed by atoms with Crippen LogP contribution in [0.1, 0.15) is 24.5 Å². The number of anilines is 4. The molecule has 0 radical (unpaired) electrons. The lowest BCUT2D eigenvalue weighted by Crippen LogP contribution is -2.48. The molecule has 2 amide bonds. The fourth-order valence-corrected chi connectivity index (χ4v) is 14.6. The van der Waals surface area contributed by atoms with Gasteiger partial charge in [-0.1, -0.05) is 23.2 Å². The fraction of sp³-hybridized carbons (Fsp3) is 0.238. The summed E-state index contributed by atoms with van der Waals surface area (Å²) in [5.74, 6) is -1.18. The Hall–Kier alpha value is -5.08. The standard InChI is InChI=1S/C23H22Cl2N4O4S2.C19H16FN3O6S3/c24-16-11-15(12-17(25)13-16)21-14-28(8-9-33-21)20-5-7-29(22(20)30)18-1-3-19(4-2-18)35(31,32)27-23-26-6-10-34-23;20-13-1-5-15(6-2-13)31(26,27)23(19-21-10-12-30-19)32(28,29)16-7-3-14(4-8-16)22-11-9-17(24)18(22)25/h1-4,6,10-13,20-21H,5,7-9,14H2,(H,26,27);1-8,10,12,17,24H,9,11H2/t20-,21-;17-/m01/s1. The maximum Gasteiger partial charge on any atom is 0.279 e. The lowest BCUT2D eigenvalue weighted by atomic mass is 10.1. The minimum absolute atomic E-state index is 0.00806. The first-order chi connectivity index (χ1) is 31.9. The molecule has 0 spiro atoms. The number of aliphatic hydroxyl groups is 1. The third kappa shape index (κ3) is 10.5. The monoisotopic (exact) mass is 1050 g/mol. The SMILES string of the molecule is O=C1[C@@H](N2CCO[C@H](c3cc(Cl)cc(Cl)c3)C2)CCN1c1ccc(S(=O)(=O)Nc2nccs2)cc1.O=C1[C@H](O)CCN1c1ccc(S(=O)(=O)N(c2nccs2)S(=O)(=O)c2ccc(F)cc2)cc1. The number of nitrogens with zero attached hydrogens (tertiary/aromatic N) is 6. The summed E-state index contributed by atoms with van der Waals surface area (Å²) in [5, 5.41) is 13.8. The van der Waals surface area contributed by atoms with Crippen LogP contribution < -0.4 is 18.2 Å². The third-order valence-corrected chi connectivity index (χ3v) is 18.6. The molecule has 67 heavy (non-hydrogen) atoms. The van der Waals surface area contributed by atoms with E-state index in [0.717, 1.165) is 41.2 Å². The van der Waals surface area contributed by atoms with E-state index in [9.17, 15) is 44.3 Å². The topological polar surface area (TPSA) is 217 Å². The van der Waals surface area contributed by atoms with Gasteiger partial charge < -0.3 is 19.6 Å². The van der Waals surface area contributed by atoms with Crippen molar-refractivity contribution >= 4 is 109 Å². The van der Waals surface area contributed by atoms with Crippen molar-refractivity contribution in [3.63, 3.8) is 0 Å². The van der Waals surface area contributed by atoms with Gasteiger partial charge in [0.2, 0.25) is 11.0 Å². The van der Waals surface area contributed by atoms with Crippen LogP contribution >= 0.6 is 45.9 Å². The maximum atomic E-state index is 13.4. The second kappa shape index (κ2) is 19.9. The van der Waals surface area contributed by atoms with Gasteiger partial charge in [-0.15, -0.1) is 26.4 Å². The number of hydrogen-bond acceptors (Lipinski definition) is 15. The molecule has 0 unspecified atom stereocenters. The van der Waals surface area contributed by atoms with Crippen molar-refractivity contribution in [3.8, 4) is 0 Å². The van der Waals surface area contributed by atoms with Gasteiger partial charge in [0, 0.05) is 77.2 Å². The van der Waals surface area contributed by atoms with Gasteiger partial charge in [0.15, 0.2) is 5.13 Å². The molecule has 2 N–H and O–H groups in total. The Bertz CT molecular complexity index is 3060. The largest absolute Gasteiger partial charge is 0.383 e. The number of benzene rings is 4. The normalized spacial score (nSPS) is 19.3. The van der Waals surface area contributed by atoms with Gasteiger partial charge in [0.25, 0.3) is 36.0 Å². The lowest BCUT2D eigenvalue weighted by Gasteiger charge is -2.36. The van der Waals surface area contributed by atoms with E-state index in [1.165, 1.54) is 70.4 Å². The van der Waals surface area contributed by atoms with Crippen molar-refractivity contribution < 1.29 is 49.1 Å². The molecule has 4 aromatic carbocycles. The van der Waals surface area contributed by atoms with Crippen molar-refractivity contribution in [2.24, 2.45) is 0 Å². The number of aromatic nitrogens is 2. The Morgan fingerprint density at radius 3 is 1.82 bits per heavy atom. The molecule has 9 rings (SSSR count). The van der Waals surface area contributed by atoms with Crippen LogP contribution in [-0.4, -0.2) is 102 Å². The molecule has 3 aliphatic heterocycles. The van der Waals surface area contributed by atoms with Crippen LogP contribution in [0.2, 0.25) is 10.0 Å². The highest BCUT2D eigenvalue weighted by atomic mass is 35.5. The molecule has 5 heterocycles. The number of sulfonamides is 3. The summed E-state index contributed by atoms with van der Waals surface area (Å²) in [6, 6.07) is 20.2. The van der Waals surface area contributed by atoms with Gasteiger partial charge in [-0.05, 0) is 103 Å². The van der Waals surface area contributed by atoms with Gasteiger partial charge in [-0.2, -0.15) is 16.8 Å². The van der Waals surface area contributed by atoms with Crippen LogP contribution in [0.3, 0.4) is 0 Å². The number of nitrogens with one attached hydrogen (secondary N) is 1. The second-order valence-electron chi connectivity index (χ2n) is 15.1. The number of thiazole rings is 2. The fourth-order valence-electron chi connectivity index (χ4n) is 7.59. The zero-order valence-electron chi connectivity index (χ0n) is 34.6. The smallest absolute Gasteiger partial charge is 0.279 e. The van der Waals surface area contributed by atoms with Crippen molar-refractivity contribution in [1.29, 1.82) is 0 Å². The lowest BCUT2D eigenvalue weighted by molar-refractivity contribution is -0.125. The average molecular weight is 1050 g/mol. The summed E-state index contributed by atoms with van der Waals surface area (Å²) in [5.41, 5.74) is 1.92. The number of morpholine rings is 1. The molecule has 25 heteroatoms. The molecule has 17 nitrogen and oxygen atoms in total. The Balaban J connectivity index is 0.000000182. The van der Waals surface area contributed by atoms with Crippen LogP contribution in [0.4, 0.5) is 26.0 Å². The molecule has 0 saturated carbocycles. The number of halogens is 3. The number of ether oxygens (including phenoxy) is 1. The van der Waals surface area contributed by atoms with E-state index >= 15 is 0 Å². The van der Waals surface area contributed by atoms with E-state index < -0.39 is 52.8 Å². The van der Waals surface area contributed by atoms with Crippen LogP contribution in [0, 0.1) is 5.82 Å². The van der Waals surface area contributed by atoms with E-state index in [1.54, 1.807) is 28.5 Å². The molecule has 6 aromatic rings. The number of hydrogen-bond donors (Lipinski definition) is 2. The summed E-state index contributed by atoms with van der Waals surface area (Å²) in [6.07, 6.45) is 2.38. The Morgan fingerprint density at radius 2 is 1.27 bits per heavy atom. The first kappa shape index (κ1) is 48.4. The summed E-state index contributed by atoms with van der Waals surface area (Å²) < 4.78 is 100. The first-order valence-electron chi connectivity index (χ1n) is 20.1.